The first-order chi connectivity index (χ1) is 12.3. The van der Waals surface area contributed by atoms with Crippen LogP contribution in [0, 0.1) is 0 Å². The zero-order valence-electron chi connectivity index (χ0n) is 16.4. The van der Waals surface area contributed by atoms with Gasteiger partial charge in [-0.1, -0.05) is 27.2 Å². The summed E-state index contributed by atoms with van der Waals surface area (Å²) < 4.78 is 11.3. The molecule has 1 atom stereocenters. The summed E-state index contributed by atoms with van der Waals surface area (Å²) >= 11 is 0. The van der Waals surface area contributed by atoms with Gasteiger partial charge in [-0.05, 0) is 25.5 Å². The molecule has 0 aromatic carbocycles. The van der Waals surface area contributed by atoms with Crippen molar-refractivity contribution in [1.29, 1.82) is 0 Å². The van der Waals surface area contributed by atoms with Crippen molar-refractivity contribution in [2.75, 3.05) is 39.4 Å². The minimum absolute atomic E-state index is 0.154. The number of primary amides is 1. The van der Waals surface area contributed by atoms with Crippen LogP contribution in [0.3, 0.4) is 0 Å². The maximum atomic E-state index is 11.6. The minimum atomic E-state index is -0.495. The third kappa shape index (κ3) is 4.67. The third-order valence-corrected chi connectivity index (χ3v) is 5.43. The molecule has 1 amide bonds. The molecule has 146 valence electrons. The number of rotatable bonds is 5. The molecule has 0 aliphatic carbocycles. The Morgan fingerprint density at radius 3 is 2.62 bits per heavy atom. The Balaban J connectivity index is 1.75. The van der Waals surface area contributed by atoms with Gasteiger partial charge in [-0.15, -0.1) is 0 Å². The van der Waals surface area contributed by atoms with E-state index in [1.54, 1.807) is 0 Å². The van der Waals surface area contributed by atoms with Crippen LogP contribution in [0.25, 0.3) is 0 Å². The fourth-order valence-corrected chi connectivity index (χ4v) is 4.08. The van der Waals surface area contributed by atoms with Gasteiger partial charge in [0.05, 0.1) is 13.2 Å². The van der Waals surface area contributed by atoms with E-state index in [0.717, 1.165) is 57.3 Å². The lowest BCUT2D eigenvalue weighted by Crippen LogP contribution is -2.49. The van der Waals surface area contributed by atoms with Crippen molar-refractivity contribution in [3.63, 3.8) is 0 Å². The van der Waals surface area contributed by atoms with Crippen molar-refractivity contribution < 1.29 is 13.9 Å². The molecule has 1 aromatic rings. The van der Waals surface area contributed by atoms with Gasteiger partial charge in [0.1, 0.15) is 5.76 Å². The van der Waals surface area contributed by atoms with Crippen LogP contribution >= 0.6 is 0 Å². The summed E-state index contributed by atoms with van der Waals surface area (Å²) in [6, 6.07) is 2.39. The third-order valence-electron chi connectivity index (χ3n) is 5.43. The lowest BCUT2D eigenvalue weighted by atomic mass is 9.90. The van der Waals surface area contributed by atoms with Crippen LogP contribution in [0.1, 0.15) is 61.9 Å². The van der Waals surface area contributed by atoms with Crippen molar-refractivity contribution >= 4 is 5.91 Å². The van der Waals surface area contributed by atoms with Crippen molar-refractivity contribution in [1.82, 2.24) is 9.80 Å². The van der Waals surface area contributed by atoms with E-state index in [2.05, 4.69) is 30.6 Å². The number of likely N-dealkylation sites (tertiary alicyclic amines) is 1. The first-order valence-electron chi connectivity index (χ1n) is 9.82. The molecule has 2 aliphatic heterocycles. The van der Waals surface area contributed by atoms with E-state index in [-0.39, 0.29) is 11.2 Å². The first-order valence-corrected chi connectivity index (χ1v) is 9.82. The molecule has 0 radical (unpaired) electrons. The van der Waals surface area contributed by atoms with Gasteiger partial charge in [0.2, 0.25) is 0 Å². The van der Waals surface area contributed by atoms with E-state index in [9.17, 15) is 4.79 Å². The van der Waals surface area contributed by atoms with Gasteiger partial charge in [-0.3, -0.25) is 14.6 Å². The predicted molar refractivity (Wildman–Crippen MR) is 101 cm³/mol. The monoisotopic (exact) mass is 363 g/mol. The van der Waals surface area contributed by atoms with E-state index in [0.29, 0.717) is 6.04 Å². The predicted octanol–water partition coefficient (Wildman–Crippen LogP) is 2.36. The summed E-state index contributed by atoms with van der Waals surface area (Å²) in [4.78, 5) is 16.7. The average Bonchev–Trinajstić information content (AvgIpc) is 3.02. The topological polar surface area (TPSA) is 71.9 Å². The Kier molecular flexibility index (Phi) is 6.05. The smallest absolute Gasteiger partial charge is 0.284 e. The molecule has 1 aromatic heterocycles. The fraction of sp³-hybridized carbons (Fsp3) is 0.750. The Labute approximate surface area is 156 Å². The summed E-state index contributed by atoms with van der Waals surface area (Å²) in [5.41, 5.74) is 6.40. The number of ether oxygens (including phenoxy) is 1. The maximum Gasteiger partial charge on any atom is 0.284 e. The van der Waals surface area contributed by atoms with Crippen molar-refractivity contribution in [3.8, 4) is 0 Å². The second-order valence-corrected chi connectivity index (χ2v) is 8.61. The SMILES string of the molecule is CC(C)(C)c1oc(C(N)=O)cc1CN1CCCC[C@@H]1CN1CCOCC1. The van der Waals surface area contributed by atoms with Gasteiger partial charge in [-0.2, -0.15) is 0 Å². The fourth-order valence-electron chi connectivity index (χ4n) is 4.08. The largest absolute Gasteiger partial charge is 0.455 e. The first kappa shape index (κ1) is 19.4. The second-order valence-electron chi connectivity index (χ2n) is 8.61. The molecule has 2 aliphatic rings. The number of furan rings is 1. The molecule has 6 nitrogen and oxygen atoms in total. The standard InChI is InChI=1S/C20H33N3O3/c1-20(2,3)18-15(12-17(26-18)19(21)24)13-23-7-5-4-6-16(23)14-22-8-10-25-11-9-22/h12,16H,4-11,13-14H2,1-3H3,(H2,21,24)/t16-/m1/s1. The molecule has 3 heterocycles. The van der Waals surface area contributed by atoms with E-state index in [1.807, 2.05) is 6.07 Å². The maximum absolute atomic E-state index is 11.6. The lowest BCUT2D eigenvalue weighted by Gasteiger charge is -2.39. The molecule has 26 heavy (non-hydrogen) atoms. The number of piperidine rings is 1. The van der Waals surface area contributed by atoms with Crippen LogP contribution in [0.4, 0.5) is 0 Å². The molecule has 2 saturated heterocycles. The molecule has 3 rings (SSSR count). The van der Waals surface area contributed by atoms with Gasteiger partial charge < -0.3 is 14.9 Å². The highest BCUT2D eigenvalue weighted by atomic mass is 16.5. The highest BCUT2D eigenvalue weighted by molar-refractivity contribution is 5.90. The molecule has 0 bridgehead atoms. The number of hydrogen-bond acceptors (Lipinski definition) is 5. The van der Waals surface area contributed by atoms with Gasteiger partial charge in [0, 0.05) is 43.2 Å². The summed E-state index contributed by atoms with van der Waals surface area (Å²) in [5, 5.41) is 0. The zero-order valence-corrected chi connectivity index (χ0v) is 16.4. The number of morpholine rings is 1. The van der Waals surface area contributed by atoms with Gasteiger partial charge in [0.15, 0.2) is 5.76 Å². The quantitative estimate of drug-likeness (QED) is 0.869. The number of nitrogens with two attached hydrogens (primary N) is 1. The van der Waals surface area contributed by atoms with Crippen LogP contribution in [0.15, 0.2) is 10.5 Å². The van der Waals surface area contributed by atoms with Gasteiger partial charge >= 0.3 is 0 Å². The molecule has 0 saturated carbocycles. The number of carbonyl (C=O) groups is 1. The Morgan fingerprint density at radius 2 is 1.96 bits per heavy atom. The molecular formula is C20H33N3O3. The van der Waals surface area contributed by atoms with Gasteiger partial charge in [0.25, 0.3) is 5.91 Å². The van der Waals surface area contributed by atoms with Crippen molar-refractivity contribution in [2.45, 2.75) is 58.0 Å². The molecule has 2 fully saturated rings. The van der Waals surface area contributed by atoms with Crippen molar-refractivity contribution in [2.24, 2.45) is 5.73 Å². The zero-order chi connectivity index (χ0) is 18.7. The molecule has 2 N–H and O–H groups in total. The average molecular weight is 364 g/mol. The number of amides is 1. The van der Waals surface area contributed by atoms with Crippen LogP contribution < -0.4 is 5.73 Å². The Morgan fingerprint density at radius 1 is 1.23 bits per heavy atom. The molecule has 6 heteroatoms. The Bertz CT molecular complexity index is 614. The van der Waals surface area contributed by atoms with Crippen molar-refractivity contribution in [3.05, 3.63) is 23.2 Å². The van der Waals surface area contributed by atoms with Crippen LogP contribution in [-0.4, -0.2) is 61.1 Å². The van der Waals surface area contributed by atoms with E-state index in [1.165, 1.54) is 19.3 Å². The molecule has 0 unspecified atom stereocenters. The molecule has 0 spiro atoms. The summed E-state index contributed by atoms with van der Waals surface area (Å²) in [7, 11) is 0. The molecular weight excluding hydrogens is 330 g/mol. The van der Waals surface area contributed by atoms with E-state index < -0.39 is 5.91 Å². The second kappa shape index (κ2) is 8.11. The number of carbonyl (C=O) groups excluding carboxylic acids is 1. The van der Waals surface area contributed by atoms with Crippen LogP contribution in [-0.2, 0) is 16.7 Å². The summed E-state index contributed by atoms with van der Waals surface area (Å²) in [5.74, 6) is 0.652. The van der Waals surface area contributed by atoms with Crippen LogP contribution in [0.5, 0.6) is 0 Å². The number of hydrogen-bond donors (Lipinski definition) is 1. The minimum Gasteiger partial charge on any atom is -0.455 e. The number of nitrogens with zero attached hydrogens (tertiary/aromatic N) is 2. The normalized spacial score (nSPS) is 23.3. The highest BCUT2D eigenvalue weighted by Gasteiger charge is 2.30. The Hall–Kier alpha value is -1.37. The lowest BCUT2D eigenvalue weighted by molar-refractivity contribution is 0.0152. The summed E-state index contributed by atoms with van der Waals surface area (Å²) in [6.45, 7) is 13.1. The summed E-state index contributed by atoms with van der Waals surface area (Å²) in [6.07, 6.45) is 3.74. The van der Waals surface area contributed by atoms with E-state index >= 15 is 0 Å². The van der Waals surface area contributed by atoms with E-state index in [4.69, 9.17) is 14.9 Å². The van der Waals surface area contributed by atoms with Crippen LogP contribution in [0.2, 0.25) is 0 Å². The van der Waals surface area contributed by atoms with Gasteiger partial charge in [-0.25, -0.2) is 0 Å². The highest BCUT2D eigenvalue weighted by Crippen LogP contribution is 2.31.